The van der Waals surface area contributed by atoms with Crippen LogP contribution >= 0.6 is 0 Å². The lowest BCUT2D eigenvalue weighted by molar-refractivity contribution is 0.0715. The van der Waals surface area contributed by atoms with E-state index in [2.05, 4.69) is 10.1 Å². The molecule has 3 aromatic rings. The molecule has 3 heterocycles. The molecule has 1 atom stereocenters. The second-order valence-electron chi connectivity index (χ2n) is 7.56. The number of carbonyl (C=O) groups is 1. The Hall–Kier alpha value is -2.89. The summed E-state index contributed by atoms with van der Waals surface area (Å²) in [6.07, 6.45) is 4.82. The highest BCUT2D eigenvalue weighted by molar-refractivity contribution is 5.98. The lowest BCUT2D eigenvalue weighted by atomic mass is 10.2. The van der Waals surface area contributed by atoms with Gasteiger partial charge in [0.1, 0.15) is 5.69 Å². The molecule has 1 fully saturated rings. The van der Waals surface area contributed by atoms with Crippen LogP contribution in [0.15, 0.2) is 41.2 Å². The van der Waals surface area contributed by atoms with Gasteiger partial charge in [-0.15, -0.1) is 0 Å². The summed E-state index contributed by atoms with van der Waals surface area (Å²) in [5.41, 5.74) is 3.65. The molecule has 1 N–H and O–H groups in total. The van der Waals surface area contributed by atoms with Gasteiger partial charge in [0.15, 0.2) is 0 Å². The van der Waals surface area contributed by atoms with Crippen LogP contribution in [0.3, 0.4) is 0 Å². The zero-order chi connectivity index (χ0) is 18.4. The van der Waals surface area contributed by atoms with Gasteiger partial charge < -0.3 is 9.88 Å². The van der Waals surface area contributed by atoms with Gasteiger partial charge in [-0.2, -0.15) is 5.10 Å². The first-order chi connectivity index (χ1) is 13.2. The maximum atomic E-state index is 13.1. The first kappa shape index (κ1) is 16.3. The van der Waals surface area contributed by atoms with E-state index >= 15 is 0 Å². The van der Waals surface area contributed by atoms with Crippen LogP contribution in [0.1, 0.15) is 41.0 Å². The number of fused-ring (bicyclic) bond motifs is 2. The number of nitrogens with zero attached hydrogens (tertiary/aromatic N) is 3. The molecule has 1 aliphatic carbocycles. The summed E-state index contributed by atoms with van der Waals surface area (Å²) in [5, 5.41) is 5.61. The van der Waals surface area contributed by atoms with Gasteiger partial charge in [-0.3, -0.25) is 9.59 Å². The molecular formula is C21H22N4O2. The predicted octanol–water partition coefficient (Wildman–Crippen LogP) is 2.52. The molecule has 0 saturated carbocycles. The number of amides is 1. The van der Waals surface area contributed by atoms with E-state index in [-0.39, 0.29) is 17.5 Å². The third kappa shape index (κ3) is 2.85. The van der Waals surface area contributed by atoms with Crippen LogP contribution < -0.4 is 5.56 Å². The topological polar surface area (TPSA) is 71.0 Å². The van der Waals surface area contributed by atoms with Crippen LogP contribution in [0, 0.1) is 0 Å². The number of aryl methyl sites for hydroxylation is 2. The zero-order valence-electron chi connectivity index (χ0n) is 15.1. The molecule has 6 nitrogen and oxygen atoms in total. The van der Waals surface area contributed by atoms with Gasteiger partial charge in [0, 0.05) is 23.5 Å². The number of aromatic amines is 1. The first-order valence-corrected chi connectivity index (χ1v) is 9.68. The normalized spacial score (nSPS) is 19.0. The van der Waals surface area contributed by atoms with E-state index in [1.807, 2.05) is 35.2 Å². The zero-order valence-corrected chi connectivity index (χ0v) is 15.1. The number of nitrogens with one attached hydrogen (secondary N) is 1. The number of rotatable bonds is 3. The van der Waals surface area contributed by atoms with Gasteiger partial charge in [-0.25, -0.2) is 4.68 Å². The molecule has 1 aliphatic heterocycles. The maximum Gasteiger partial charge on any atom is 0.270 e. The molecule has 2 aromatic heterocycles. The van der Waals surface area contributed by atoms with Crippen LogP contribution in [0.4, 0.5) is 0 Å². The largest absolute Gasteiger partial charge is 0.351 e. The first-order valence-electron chi connectivity index (χ1n) is 9.68. The average molecular weight is 362 g/mol. The average Bonchev–Trinajstić information content (AvgIpc) is 3.40. The highest BCUT2D eigenvalue weighted by Gasteiger charge is 2.31. The molecule has 1 saturated heterocycles. The summed E-state index contributed by atoms with van der Waals surface area (Å²) >= 11 is 0. The maximum absolute atomic E-state index is 13.1. The second kappa shape index (κ2) is 6.37. The lowest BCUT2D eigenvalue weighted by Gasteiger charge is -2.24. The third-order valence-electron chi connectivity index (χ3n) is 5.81. The SMILES string of the molecule is O=C(c1cc2ccccc2[nH]1)N1CCCC1Cn1nc2c(cc1=O)CCC2. The quantitative estimate of drug-likeness (QED) is 0.778. The fourth-order valence-electron chi connectivity index (χ4n) is 4.41. The number of para-hydroxylation sites is 1. The molecule has 0 bridgehead atoms. The van der Waals surface area contributed by atoms with Gasteiger partial charge in [-0.1, -0.05) is 18.2 Å². The highest BCUT2D eigenvalue weighted by atomic mass is 16.2. The van der Waals surface area contributed by atoms with Crippen molar-refractivity contribution in [2.24, 2.45) is 0 Å². The van der Waals surface area contributed by atoms with E-state index in [1.54, 1.807) is 10.7 Å². The van der Waals surface area contributed by atoms with Gasteiger partial charge in [-0.05, 0) is 49.8 Å². The minimum atomic E-state index is -0.0550. The van der Waals surface area contributed by atoms with Crippen LogP contribution in [0.2, 0.25) is 0 Å². The molecule has 2 aliphatic rings. The Balaban J connectivity index is 1.40. The van der Waals surface area contributed by atoms with Gasteiger partial charge in [0.2, 0.25) is 0 Å². The lowest BCUT2D eigenvalue weighted by Crippen LogP contribution is -2.41. The molecule has 0 spiro atoms. The number of aromatic nitrogens is 3. The Morgan fingerprint density at radius 1 is 1.19 bits per heavy atom. The van der Waals surface area contributed by atoms with Crippen molar-refractivity contribution in [3.63, 3.8) is 0 Å². The van der Waals surface area contributed by atoms with E-state index in [1.165, 1.54) is 0 Å². The Labute approximate surface area is 156 Å². The highest BCUT2D eigenvalue weighted by Crippen LogP contribution is 2.23. The number of hydrogen-bond donors (Lipinski definition) is 1. The van der Waals surface area contributed by atoms with Gasteiger partial charge >= 0.3 is 0 Å². The van der Waals surface area contributed by atoms with Crippen molar-refractivity contribution in [3.8, 4) is 0 Å². The van der Waals surface area contributed by atoms with Gasteiger partial charge in [0.05, 0.1) is 18.3 Å². The Kier molecular flexibility index (Phi) is 3.85. The molecular weight excluding hydrogens is 340 g/mol. The Bertz CT molecular complexity index is 1050. The molecule has 5 rings (SSSR count). The third-order valence-corrected chi connectivity index (χ3v) is 5.81. The molecule has 6 heteroatoms. The molecule has 1 amide bonds. The number of benzene rings is 1. The van der Waals surface area contributed by atoms with Gasteiger partial charge in [0.25, 0.3) is 11.5 Å². The summed E-state index contributed by atoms with van der Waals surface area (Å²) in [4.78, 5) is 30.6. The van der Waals surface area contributed by atoms with Crippen LogP contribution in [0.5, 0.6) is 0 Å². The van der Waals surface area contributed by atoms with E-state index in [0.717, 1.165) is 60.8 Å². The predicted molar refractivity (Wildman–Crippen MR) is 103 cm³/mol. The standard InChI is InChI=1S/C21H22N4O2/c26-20-12-15-6-3-9-18(15)23-25(20)13-16-7-4-10-24(16)21(27)19-11-14-5-1-2-8-17(14)22-19/h1-2,5,8,11-12,16,22H,3-4,6-7,9-10,13H2. The fourth-order valence-corrected chi connectivity index (χ4v) is 4.41. The molecule has 27 heavy (non-hydrogen) atoms. The minimum absolute atomic E-state index is 0.00269. The van der Waals surface area contributed by atoms with Crippen molar-refractivity contribution in [2.45, 2.75) is 44.7 Å². The molecule has 0 radical (unpaired) electrons. The Morgan fingerprint density at radius 2 is 2.07 bits per heavy atom. The second-order valence-corrected chi connectivity index (χ2v) is 7.56. The van der Waals surface area contributed by atoms with Crippen molar-refractivity contribution < 1.29 is 4.79 Å². The molecule has 1 aromatic carbocycles. The fraction of sp³-hybridized carbons (Fsp3) is 0.381. The van der Waals surface area contributed by atoms with Crippen molar-refractivity contribution in [2.75, 3.05) is 6.54 Å². The van der Waals surface area contributed by atoms with Crippen molar-refractivity contribution in [3.05, 3.63) is 63.7 Å². The van der Waals surface area contributed by atoms with E-state index in [4.69, 9.17) is 0 Å². The number of hydrogen-bond acceptors (Lipinski definition) is 3. The van der Waals surface area contributed by atoms with Crippen molar-refractivity contribution in [1.29, 1.82) is 0 Å². The summed E-state index contributed by atoms with van der Waals surface area (Å²) in [7, 11) is 0. The Morgan fingerprint density at radius 3 is 2.96 bits per heavy atom. The summed E-state index contributed by atoms with van der Waals surface area (Å²) in [6, 6.07) is 11.5. The smallest absolute Gasteiger partial charge is 0.270 e. The minimum Gasteiger partial charge on any atom is -0.351 e. The van der Waals surface area contributed by atoms with Crippen molar-refractivity contribution >= 4 is 16.8 Å². The van der Waals surface area contributed by atoms with E-state index in [0.29, 0.717) is 12.2 Å². The number of carbonyl (C=O) groups excluding carboxylic acids is 1. The summed E-state index contributed by atoms with van der Waals surface area (Å²) < 4.78 is 1.56. The number of H-pyrrole nitrogens is 1. The molecule has 1 unspecified atom stereocenters. The number of likely N-dealkylation sites (tertiary alicyclic amines) is 1. The summed E-state index contributed by atoms with van der Waals surface area (Å²) in [5.74, 6) is 0.00269. The monoisotopic (exact) mass is 362 g/mol. The van der Waals surface area contributed by atoms with E-state index in [9.17, 15) is 9.59 Å². The summed E-state index contributed by atoms with van der Waals surface area (Å²) in [6.45, 7) is 1.19. The molecule has 138 valence electrons. The van der Waals surface area contributed by atoms with Crippen LogP contribution in [-0.2, 0) is 19.4 Å². The van der Waals surface area contributed by atoms with Crippen LogP contribution in [0.25, 0.3) is 10.9 Å². The van der Waals surface area contributed by atoms with Crippen molar-refractivity contribution in [1.82, 2.24) is 19.7 Å². The van der Waals surface area contributed by atoms with Crippen LogP contribution in [-0.4, -0.2) is 38.2 Å². The van der Waals surface area contributed by atoms with E-state index < -0.39 is 0 Å².